The molecule has 192 valence electrons. The Morgan fingerprint density at radius 2 is 1.72 bits per heavy atom. The topological polar surface area (TPSA) is 79.3 Å². The molecular weight excluding hydrogens is 520 g/mol. The minimum Gasteiger partial charge on any atom is -0.495 e. The van der Waals surface area contributed by atoms with Crippen LogP contribution in [0.2, 0.25) is 5.02 Å². The molecule has 0 spiro atoms. The monoisotopic (exact) mass is 548 g/mol. The fraction of sp³-hybridized carbons (Fsp3) is 0.346. The summed E-state index contributed by atoms with van der Waals surface area (Å²) in [6, 6.07) is 15.0. The van der Waals surface area contributed by atoms with E-state index in [9.17, 15) is 13.6 Å². The number of ether oxygens (including phenoxy) is 2. The van der Waals surface area contributed by atoms with Gasteiger partial charge in [0.05, 0.1) is 7.11 Å². The lowest BCUT2D eigenvalue weighted by Crippen LogP contribution is -2.38. The second-order valence-corrected chi connectivity index (χ2v) is 11.8. The molecule has 1 N–H and O–H groups in total. The number of amides is 1. The summed E-state index contributed by atoms with van der Waals surface area (Å²) in [7, 11) is 1.54. The van der Waals surface area contributed by atoms with Crippen molar-refractivity contribution in [2.45, 2.75) is 39.2 Å². The van der Waals surface area contributed by atoms with Crippen molar-refractivity contribution in [2.24, 2.45) is 0 Å². The van der Waals surface area contributed by atoms with E-state index in [0.29, 0.717) is 47.4 Å². The van der Waals surface area contributed by atoms with Crippen LogP contribution in [0.15, 0.2) is 48.5 Å². The van der Waals surface area contributed by atoms with Crippen LogP contribution in [-0.2, 0) is 28.8 Å². The number of carbonyl (C=O) groups is 1. The van der Waals surface area contributed by atoms with Crippen LogP contribution in [0.3, 0.4) is 0 Å². The average Bonchev–Trinajstić information content (AvgIpc) is 3.18. The Morgan fingerprint density at radius 3 is 2.31 bits per heavy atom. The molecule has 7 nitrogen and oxygen atoms in total. The zero-order valence-corrected chi connectivity index (χ0v) is 23.0. The fourth-order valence-corrected chi connectivity index (χ4v) is 5.95. The van der Waals surface area contributed by atoms with Crippen molar-refractivity contribution in [1.82, 2.24) is 4.90 Å². The molecule has 0 saturated heterocycles. The van der Waals surface area contributed by atoms with Crippen LogP contribution in [0.5, 0.6) is 5.75 Å². The van der Waals surface area contributed by atoms with E-state index in [1.165, 1.54) is 15.6 Å². The van der Waals surface area contributed by atoms with E-state index in [4.69, 9.17) is 21.1 Å². The third-order valence-corrected chi connectivity index (χ3v) is 7.94. The van der Waals surface area contributed by atoms with Gasteiger partial charge in [0.15, 0.2) is 0 Å². The quantitative estimate of drug-likeness (QED) is 0.359. The molecule has 0 saturated carbocycles. The highest BCUT2D eigenvalue weighted by Crippen LogP contribution is 2.42. The summed E-state index contributed by atoms with van der Waals surface area (Å²) in [5.74, 6) is 0.489. The van der Waals surface area contributed by atoms with Gasteiger partial charge in [-0.1, -0.05) is 23.7 Å². The van der Waals surface area contributed by atoms with Crippen LogP contribution in [0, 0.1) is 0 Å². The molecular formula is C26H29ClN2O5S2. The van der Waals surface area contributed by atoms with E-state index in [1.807, 2.05) is 69.3 Å². The van der Waals surface area contributed by atoms with Crippen LogP contribution >= 0.6 is 22.9 Å². The largest absolute Gasteiger partial charge is 0.495 e. The van der Waals surface area contributed by atoms with Crippen LogP contribution in [0.1, 0.15) is 31.9 Å². The summed E-state index contributed by atoms with van der Waals surface area (Å²) < 4.78 is 35.4. The van der Waals surface area contributed by atoms with Gasteiger partial charge in [-0.25, -0.2) is 13.3 Å². The van der Waals surface area contributed by atoms with Gasteiger partial charge in [0, 0.05) is 23.0 Å². The summed E-state index contributed by atoms with van der Waals surface area (Å²) in [5, 5.41) is 1.25. The molecule has 1 unspecified atom stereocenters. The summed E-state index contributed by atoms with van der Waals surface area (Å²) in [5.41, 5.74) is 2.94. The predicted octanol–water partition coefficient (Wildman–Crippen LogP) is 6.69. The maximum atomic E-state index is 12.6. The highest BCUT2D eigenvalue weighted by Gasteiger charge is 2.27. The van der Waals surface area contributed by atoms with Crippen LogP contribution < -0.4 is 9.04 Å². The first-order valence-electron chi connectivity index (χ1n) is 11.5. The van der Waals surface area contributed by atoms with Crippen molar-refractivity contribution >= 4 is 51.0 Å². The third kappa shape index (κ3) is 6.03. The molecule has 2 aromatic carbocycles. The van der Waals surface area contributed by atoms with Crippen molar-refractivity contribution < 1.29 is 23.0 Å². The molecule has 4 rings (SSSR count). The molecule has 1 amide bonds. The maximum Gasteiger partial charge on any atom is 0.410 e. The number of halogens is 1. The lowest BCUT2D eigenvalue weighted by atomic mass is 10.0. The summed E-state index contributed by atoms with van der Waals surface area (Å²) in [6.45, 7) is 6.56. The Balaban J connectivity index is 1.65. The minimum absolute atomic E-state index is 0.339. The van der Waals surface area contributed by atoms with Gasteiger partial charge in [-0.05, 0) is 86.7 Å². The van der Waals surface area contributed by atoms with Crippen LogP contribution in [0.4, 0.5) is 15.5 Å². The molecule has 0 radical (unpaired) electrons. The second-order valence-electron chi connectivity index (χ2n) is 9.43. The number of nitrogens with zero attached hydrogens (tertiary/aromatic N) is 2. The molecule has 36 heavy (non-hydrogen) atoms. The number of carbonyl (C=O) groups excluding carboxylic acids is 1. The van der Waals surface area contributed by atoms with Crippen molar-refractivity contribution in [3.63, 3.8) is 0 Å². The van der Waals surface area contributed by atoms with Gasteiger partial charge in [-0.15, -0.1) is 11.3 Å². The van der Waals surface area contributed by atoms with Crippen molar-refractivity contribution in [2.75, 3.05) is 24.5 Å². The van der Waals surface area contributed by atoms with Crippen molar-refractivity contribution in [3.8, 4) is 16.2 Å². The van der Waals surface area contributed by atoms with E-state index >= 15 is 0 Å². The molecule has 1 aliphatic rings. The number of fused-ring (bicyclic) bond motifs is 1. The highest BCUT2D eigenvalue weighted by atomic mass is 35.5. The van der Waals surface area contributed by atoms with Crippen molar-refractivity contribution in [3.05, 3.63) is 64.7 Å². The molecule has 1 aliphatic heterocycles. The van der Waals surface area contributed by atoms with Gasteiger partial charge in [-0.2, -0.15) is 0 Å². The maximum absolute atomic E-state index is 12.6. The first-order chi connectivity index (χ1) is 17.1. The summed E-state index contributed by atoms with van der Waals surface area (Å²) >= 11 is 5.07. The Morgan fingerprint density at radius 1 is 1.08 bits per heavy atom. The normalized spacial score (nSPS) is 14.6. The molecule has 0 fully saturated rings. The van der Waals surface area contributed by atoms with Crippen LogP contribution in [-0.4, -0.2) is 45.6 Å². The second kappa shape index (κ2) is 10.8. The van der Waals surface area contributed by atoms with Gasteiger partial charge >= 0.3 is 6.09 Å². The summed E-state index contributed by atoms with van der Waals surface area (Å²) in [6.07, 6.45) is 0.888. The number of anilines is 2. The Hall–Kier alpha value is -2.59. The number of hydrogen-bond donors (Lipinski definition) is 1. The zero-order valence-electron chi connectivity index (χ0n) is 20.6. The van der Waals surface area contributed by atoms with Crippen molar-refractivity contribution in [1.29, 1.82) is 0 Å². The lowest BCUT2D eigenvalue weighted by molar-refractivity contribution is 0.0258. The molecule has 3 aromatic rings. The SMILES string of the molecule is COc1cc2c(cc1N(c1ccc(-c3ccc(Cl)cc3)s1)S(=O)O)CCN(C(=O)OC(C)(C)C)CC2. The molecule has 0 bridgehead atoms. The fourth-order valence-electron chi connectivity index (χ4n) is 4.06. The smallest absolute Gasteiger partial charge is 0.410 e. The number of thiophene rings is 1. The standard InChI is InChI=1S/C26H29ClN2O5S2/c1-26(2,3)34-25(30)28-13-11-18-15-21(22(33-4)16-19(18)12-14-28)29(36(31)32)24-10-9-23(35-24)17-5-7-20(27)8-6-17/h5-10,15-16H,11-14H2,1-4H3,(H,31,32). The van der Waals surface area contributed by atoms with Gasteiger partial charge < -0.3 is 14.4 Å². The van der Waals surface area contributed by atoms with E-state index in [2.05, 4.69) is 0 Å². The van der Waals surface area contributed by atoms with E-state index in [-0.39, 0.29) is 6.09 Å². The number of hydrogen-bond acceptors (Lipinski definition) is 5. The van der Waals surface area contributed by atoms with Gasteiger partial charge in [-0.3, -0.25) is 4.55 Å². The average molecular weight is 549 g/mol. The Kier molecular flexibility index (Phi) is 7.94. The zero-order chi connectivity index (χ0) is 26.0. The summed E-state index contributed by atoms with van der Waals surface area (Å²) in [4.78, 5) is 15.3. The van der Waals surface area contributed by atoms with Crippen LogP contribution in [0.25, 0.3) is 10.4 Å². The molecule has 10 heteroatoms. The van der Waals surface area contributed by atoms with Gasteiger partial charge in [0.25, 0.3) is 11.3 Å². The minimum atomic E-state index is -2.34. The third-order valence-electron chi connectivity index (χ3n) is 5.75. The van der Waals surface area contributed by atoms with E-state index in [0.717, 1.165) is 21.6 Å². The Bertz CT molecular complexity index is 1270. The molecule has 1 atom stereocenters. The molecule has 1 aromatic heterocycles. The lowest BCUT2D eigenvalue weighted by Gasteiger charge is -2.26. The first-order valence-corrected chi connectivity index (χ1v) is 13.8. The molecule has 0 aliphatic carbocycles. The number of methoxy groups -OCH3 is 1. The predicted molar refractivity (Wildman–Crippen MR) is 146 cm³/mol. The van der Waals surface area contributed by atoms with E-state index < -0.39 is 16.9 Å². The Labute approximate surface area is 223 Å². The first kappa shape index (κ1) is 26.5. The molecule has 2 heterocycles. The van der Waals surface area contributed by atoms with Gasteiger partial charge in [0.1, 0.15) is 22.0 Å². The number of benzene rings is 2. The number of rotatable bonds is 5. The van der Waals surface area contributed by atoms with Gasteiger partial charge in [0.2, 0.25) is 0 Å². The highest BCUT2D eigenvalue weighted by molar-refractivity contribution is 7.81. The van der Waals surface area contributed by atoms with E-state index in [1.54, 1.807) is 12.0 Å².